The first-order valence-corrected chi connectivity index (χ1v) is 7.57. The Morgan fingerprint density at radius 2 is 1.71 bits per heavy atom. The fourth-order valence-electron chi connectivity index (χ4n) is 2.53. The van der Waals surface area contributed by atoms with Gasteiger partial charge in [-0.05, 0) is 61.2 Å². The van der Waals surface area contributed by atoms with E-state index in [-0.39, 0.29) is 0 Å². The number of hydrogen-bond donors (Lipinski definition) is 1. The lowest BCUT2D eigenvalue weighted by Gasteiger charge is -2.20. The summed E-state index contributed by atoms with van der Waals surface area (Å²) in [6.07, 6.45) is 0.986. The van der Waals surface area contributed by atoms with Crippen molar-refractivity contribution in [2.45, 2.75) is 33.2 Å². The third kappa shape index (κ3) is 4.08. The molecule has 0 saturated heterocycles. The monoisotopic (exact) mass is 283 g/mol. The van der Waals surface area contributed by atoms with Gasteiger partial charge in [-0.3, -0.25) is 0 Å². The molecule has 2 aromatic carbocycles. The Labute approximate surface area is 128 Å². The zero-order valence-corrected chi connectivity index (χ0v) is 13.4. The minimum Gasteiger partial charge on any atom is -0.497 e. The van der Waals surface area contributed by atoms with E-state index in [9.17, 15) is 0 Å². The van der Waals surface area contributed by atoms with Gasteiger partial charge in [0.05, 0.1) is 7.11 Å². The number of hydrogen-bond acceptors (Lipinski definition) is 2. The molecule has 2 heteroatoms. The number of ether oxygens (including phenoxy) is 1. The highest BCUT2D eigenvalue weighted by Gasteiger charge is 2.12. The summed E-state index contributed by atoms with van der Waals surface area (Å²) in [5, 5.41) is 3.59. The summed E-state index contributed by atoms with van der Waals surface area (Å²) in [4.78, 5) is 0. The first-order chi connectivity index (χ1) is 10.1. The Kier molecular flexibility index (Phi) is 5.40. The molecule has 112 valence electrons. The molecule has 2 aromatic rings. The summed E-state index contributed by atoms with van der Waals surface area (Å²) in [5.41, 5.74) is 5.37. The summed E-state index contributed by atoms with van der Waals surface area (Å²) in [7, 11) is 1.70. The summed E-state index contributed by atoms with van der Waals surface area (Å²) < 4.78 is 5.22. The Morgan fingerprint density at radius 3 is 2.29 bits per heavy atom. The third-order valence-corrected chi connectivity index (χ3v) is 3.98. The second kappa shape index (κ2) is 7.28. The van der Waals surface area contributed by atoms with Crippen LogP contribution >= 0.6 is 0 Å². The quantitative estimate of drug-likeness (QED) is 0.857. The third-order valence-electron chi connectivity index (χ3n) is 3.98. The SMILES string of the molecule is CCNC(Cc1ccc(OC)cc1)c1ccc(C)c(C)c1. The molecule has 1 N–H and O–H groups in total. The molecule has 1 unspecified atom stereocenters. The van der Waals surface area contributed by atoms with Gasteiger partial charge >= 0.3 is 0 Å². The maximum Gasteiger partial charge on any atom is 0.118 e. The number of likely N-dealkylation sites (N-methyl/N-ethyl adjacent to an activating group) is 1. The number of methoxy groups -OCH3 is 1. The topological polar surface area (TPSA) is 21.3 Å². The molecule has 21 heavy (non-hydrogen) atoms. The maximum atomic E-state index is 5.22. The van der Waals surface area contributed by atoms with Crippen LogP contribution in [0.3, 0.4) is 0 Å². The molecule has 0 amide bonds. The van der Waals surface area contributed by atoms with Crippen LogP contribution in [0, 0.1) is 13.8 Å². The van der Waals surface area contributed by atoms with Crippen molar-refractivity contribution in [3.05, 3.63) is 64.7 Å². The lowest BCUT2D eigenvalue weighted by atomic mass is 9.96. The van der Waals surface area contributed by atoms with Crippen molar-refractivity contribution < 1.29 is 4.74 Å². The van der Waals surface area contributed by atoms with E-state index in [0.717, 1.165) is 18.7 Å². The summed E-state index contributed by atoms with van der Waals surface area (Å²) in [6.45, 7) is 7.45. The number of benzene rings is 2. The van der Waals surface area contributed by atoms with Gasteiger partial charge in [-0.15, -0.1) is 0 Å². The van der Waals surface area contributed by atoms with Crippen LogP contribution in [0.1, 0.15) is 35.2 Å². The standard InChI is InChI=1S/C19H25NO/c1-5-20-19(17-9-6-14(2)15(3)12-17)13-16-7-10-18(21-4)11-8-16/h6-12,19-20H,5,13H2,1-4H3. The van der Waals surface area contributed by atoms with Crippen molar-refractivity contribution in [3.63, 3.8) is 0 Å². The molecule has 0 bridgehead atoms. The minimum atomic E-state index is 0.350. The van der Waals surface area contributed by atoms with Gasteiger partial charge < -0.3 is 10.1 Å². The molecule has 0 spiro atoms. The largest absolute Gasteiger partial charge is 0.497 e. The lowest BCUT2D eigenvalue weighted by Crippen LogP contribution is -2.23. The fourth-order valence-corrected chi connectivity index (χ4v) is 2.53. The van der Waals surface area contributed by atoms with Crippen LogP contribution < -0.4 is 10.1 Å². The average molecular weight is 283 g/mol. The first kappa shape index (κ1) is 15.6. The predicted octanol–water partition coefficient (Wildman–Crippen LogP) is 4.21. The molecule has 0 aliphatic rings. The summed E-state index contributed by atoms with van der Waals surface area (Å²) in [5.74, 6) is 0.907. The van der Waals surface area contributed by atoms with Crippen molar-refractivity contribution in [3.8, 4) is 5.75 Å². The summed E-state index contributed by atoms with van der Waals surface area (Å²) >= 11 is 0. The van der Waals surface area contributed by atoms with Gasteiger partial charge in [-0.2, -0.15) is 0 Å². The van der Waals surface area contributed by atoms with Gasteiger partial charge in [-0.1, -0.05) is 37.3 Å². The van der Waals surface area contributed by atoms with Crippen LogP contribution in [-0.4, -0.2) is 13.7 Å². The smallest absolute Gasteiger partial charge is 0.118 e. The van der Waals surface area contributed by atoms with Gasteiger partial charge in [0.2, 0.25) is 0 Å². The fraction of sp³-hybridized carbons (Fsp3) is 0.368. The lowest BCUT2D eigenvalue weighted by molar-refractivity contribution is 0.414. The van der Waals surface area contributed by atoms with Crippen LogP contribution in [-0.2, 0) is 6.42 Å². The molecule has 0 fully saturated rings. The number of rotatable bonds is 6. The Hall–Kier alpha value is -1.80. The molecule has 1 atom stereocenters. The van der Waals surface area contributed by atoms with Crippen molar-refractivity contribution in [2.75, 3.05) is 13.7 Å². The minimum absolute atomic E-state index is 0.350. The van der Waals surface area contributed by atoms with Crippen LogP contribution in [0.15, 0.2) is 42.5 Å². The van der Waals surface area contributed by atoms with Gasteiger partial charge in [0.1, 0.15) is 5.75 Å². The molecule has 0 aliphatic heterocycles. The molecular formula is C19H25NO. The number of nitrogens with one attached hydrogen (secondary N) is 1. The maximum absolute atomic E-state index is 5.22. The Bertz CT molecular complexity index is 575. The van der Waals surface area contributed by atoms with E-state index in [4.69, 9.17) is 4.74 Å². The van der Waals surface area contributed by atoms with Crippen molar-refractivity contribution in [2.24, 2.45) is 0 Å². The number of aryl methyl sites for hydroxylation is 2. The van der Waals surface area contributed by atoms with Crippen molar-refractivity contribution in [1.82, 2.24) is 5.32 Å². The average Bonchev–Trinajstić information content (AvgIpc) is 2.50. The molecule has 2 rings (SSSR count). The van der Waals surface area contributed by atoms with Crippen LogP contribution in [0.25, 0.3) is 0 Å². The summed E-state index contributed by atoms with van der Waals surface area (Å²) in [6, 6.07) is 15.4. The second-order valence-electron chi connectivity index (χ2n) is 5.51. The molecule has 0 aromatic heterocycles. The van der Waals surface area contributed by atoms with Gasteiger partial charge in [-0.25, -0.2) is 0 Å². The predicted molar refractivity (Wildman–Crippen MR) is 89.0 cm³/mol. The normalized spacial score (nSPS) is 12.2. The highest BCUT2D eigenvalue weighted by molar-refractivity contribution is 5.34. The van der Waals surface area contributed by atoms with E-state index in [1.54, 1.807) is 7.11 Å². The van der Waals surface area contributed by atoms with Gasteiger partial charge in [0, 0.05) is 6.04 Å². The van der Waals surface area contributed by atoms with E-state index in [1.165, 1.54) is 22.3 Å². The van der Waals surface area contributed by atoms with Crippen LogP contribution in [0.4, 0.5) is 0 Å². The molecule has 0 saturated carbocycles. The van der Waals surface area contributed by atoms with E-state index in [0.29, 0.717) is 6.04 Å². The zero-order chi connectivity index (χ0) is 15.2. The Balaban J connectivity index is 2.19. The highest BCUT2D eigenvalue weighted by atomic mass is 16.5. The molecule has 0 heterocycles. The van der Waals surface area contributed by atoms with Gasteiger partial charge in [0.15, 0.2) is 0 Å². The van der Waals surface area contributed by atoms with E-state index in [2.05, 4.69) is 56.4 Å². The first-order valence-electron chi connectivity index (χ1n) is 7.57. The Morgan fingerprint density at radius 1 is 1.00 bits per heavy atom. The molecule has 0 aliphatic carbocycles. The van der Waals surface area contributed by atoms with Crippen molar-refractivity contribution >= 4 is 0 Å². The van der Waals surface area contributed by atoms with E-state index in [1.807, 2.05) is 12.1 Å². The van der Waals surface area contributed by atoms with Gasteiger partial charge in [0.25, 0.3) is 0 Å². The molecule has 2 nitrogen and oxygen atoms in total. The van der Waals surface area contributed by atoms with Crippen molar-refractivity contribution in [1.29, 1.82) is 0 Å². The highest BCUT2D eigenvalue weighted by Crippen LogP contribution is 2.22. The van der Waals surface area contributed by atoms with Crippen LogP contribution in [0.2, 0.25) is 0 Å². The van der Waals surface area contributed by atoms with E-state index >= 15 is 0 Å². The van der Waals surface area contributed by atoms with Crippen LogP contribution in [0.5, 0.6) is 5.75 Å². The zero-order valence-electron chi connectivity index (χ0n) is 13.4. The second-order valence-corrected chi connectivity index (χ2v) is 5.51. The molecular weight excluding hydrogens is 258 g/mol. The van der Waals surface area contributed by atoms with E-state index < -0.39 is 0 Å². The molecule has 0 radical (unpaired) electrons.